The van der Waals surface area contributed by atoms with E-state index < -0.39 is 11.8 Å². The van der Waals surface area contributed by atoms with Crippen LogP contribution in [-0.4, -0.2) is 37.5 Å². The Morgan fingerprint density at radius 1 is 1.45 bits per heavy atom. The number of hydrogen-bond acceptors (Lipinski definition) is 2. The first-order chi connectivity index (χ1) is 9.36. The van der Waals surface area contributed by atoms with E-state index in [1.165, 1.54) is 37.2 Å². The first-order valence-corrected chi connectivity index (χ1v) is 6.42. The summed E-state index contributed by atoms with van der Waals surface area (Å²) in [6.45, 7) is 1.91. The van der Waals surface area contributed by atoms with Gasteiger partial charge in [-0.25, -0.2) is 9.18 Å². The Bertz CT molecular complexity index is 510. The molecule has 20 heavy (non-hydrogen) atoms. The Morgan fingerprint density at radius 2 is 2.10 bits per heavy atom. The van der Waals surface area contributed by atoms with Crippen molar-refractivity contribution in [1.29, 1.82) is 0 Å². The van der Waals surface area contributed by atoms with Crippen LogP contribution in [0, 0.1) is 11.7 Å². The molecule has 0 spiro atoms. The molecule has 0 radical (unpaired) electrons. The second kappa shape index (κ2) is 7.09. The predicted octanol–water partition coefficient (Wildman–Crippen LogP) is 2.32. The number of hydrogen-bond donors (Lipinski definition) is 2. The number of urea groups is 1. The minimum Gasteiger partial charge on any atom is -0.359 e. The third-order valence-electron chi connectivity index (χ3n) is 2.78. The van der Waals surface area contributed by atoms with Crippen molar-refractivity contribution in [2.75, 3.05) is 26.0 Å². The summed E-state index contributed by atoms with van der Waals surface area (Å²) in [5, 5.41) is 4.84. The van der Waals surface area contributed by atoms with Crippen molar-refractivity contribution < 1.29 is 14.0 Å². The van der Waals surface area contributed by atoms with Gasteiger partial charge in [-0.3, -0.25) is 4.79 Å². The quantitative estimate of drug-likeness (QED) is 0.896. The third-order valence-corrected chi connectivity index (χ3v) is 3.07. The maximum absolute atomic E-state index is 13.6. The fourth-order valence-corrected chi connectivity index (χ4v) is 1.81. The van der Waals surface area contributed by atoms with E-state index in [0.717, 1.165) is 0 Å². The van der Waals surface area contributed by atoms with Gasteiger partial charge in [-0.05, 0) is 12.1 Å². The molecule has 1 aromatic carbocycles. The second-order valence-electron chi connectivity index (χ2n) is 4.43. The number of benzene rings is 1. The van der Waals surface area contributed by atoms with Crippen LogP contribution in [0.3, 0.4) is 0 Å². The molecule has 0 aliphatic carbocycles. The van der Waals surface area contributed by atoms with Crippen molar-refractivity contribution in [3.05, 3.63) is 29.0 Å². The Kier molecular flexibility index (Phi) is 5.76. The molecule has 0 aromatic heterocycles. The average Bonchev–Trinajstić information content (AvgIpc) is 2.42. The normalized spacial score (nSPS) is 11.7. The molecule has 0 unspecified atom stereocenters. The van der Waals surface area contributed by atoms with Crippen LogP contribution < -0.4 is 10.6 Å². The van der Waals surface area contributed by atoms with Gasteiger partial charge in [0.15, 0.2) is 5.82 Å². The third kappa shape index (κ3) is 4.09. The topological polar surface area (TPSA) is 61.4 Å². The number of amides is 3. The molecule has 1 atom stereocenters. The van der Waals surface area contributed by atoms with E-state index in [4.69, 9.17) is 11.6 Å². The van der Waals surface area contributed by atoms with Gasteiger partial charge >= 0.3 is 6.03 Å². The van der Waals surface area contributed by atoms with Crippen LogP contribution in [0.25, 0.3) is 0 Å². The largest absolute Gasteiger partial charge is 0.359 e. The van der Waals surface area contributed by atoms with Crippen LogP contribution in [0.2, 0.25) is 5.02 Å². The predicted molar refractivity (Wildman–Crippen MR) is 76.3 cm³/mol. The molecule has 2 N–H and O–H groups in total. The van der Waals surface area contributed by atoms with Crippen molar-refractivity contribution in [3.8, 4) is 0 Å². The molecule has 0 saturated heterocycles. The van der Waals surface area contributed by atoms with Crippen LogP contribution in [0.1, 0.15) is 6.92 Å². The van der Waals surface area contributed by atoms with E-state index in [-0.39, 0.29) is 29.1 Å². The fraction of sp³-hybridized carbons (Fsp3) is 0.385. The lowest BCUT2D eigenvalue weighted by Crippen LogP contribution is -2.39. The van der Waals surface area contributed by atoms with Gasteiger partial charge in [0.2, 0.25) is 5.91 Å². The molecular formula is C13H17ClFN3O2. The van der Waals surface area contributed by atoms with Gasteiger partial charge in [-0.1, -0.05) is 24.6 Å². The zero-order valence-electron chi connectivity index (χ0n) is 11.5. The van der Waals surface area contributed by atoms with E-state index in [2.05, 4.69) is 10.6 Å². The summed E-state index contributed by atoms with van der Waals surface area (Å²) in [5.74, 6) is -1.21. The Balaban J connectivity index is 2.66. The number of carbonyl (C=O) groups excluding carboxylic acids is 2. The molecule has 1 aromatic rings. The fourth-order valence-electron chi connectivity index (χ4n) is 1.63. The Hall–Kier alpha value is -1.82. The van der Waals surface area contributed by atoms with Gasteiger partial charge in [0.25, 0.3) is 0 Å². The van der Waals surface area contributed by atoms with Crippen molar-refractivity contribution in [1.82, 2.24) is 10.2 Å². The minimum atomic E-state index is -0.685. The van der Waals surface area contributed by atoms with E-state index in [0.29, 0.717) is 0 Å². The zero-order chi connectivity index (χ0) is 15.3. The second-order valence-corrected chi connectivity index (χ2v) is 4.83. The molecule has 0 aliphatic rings. The van der Waals surface area contributed by atoms with Gasteiger partial charge in [0.05, 0.1) is 16.6 Å². The molecule has 0 saturated carbocycles. The molecule has 0 fully saturated rings. The highest BCUT2D eigenvalue weighted by molar-refractivity contribution is 6.31. The summed E-state index contributed by atoms with van der Waals surface area (Å²) in [5.41, 5.74) is 0.00180. The molecule has 5 nitrogen and oxygen atoms in total. The highest BCUT2D eigenvalue weighted by atomic mass is 35.5. The first kappa shape index (κ1) is 16.2. The Morgan fingerprint density at radius 3 is 2.70 bits per heavy atom. The average molecular weight is 302 g/mol. The number of nitrogens with zero attached hydrogens (tertiary/aromatic N) is 1. The number of anilines is 1. The van der Waals surface area contributed by atoms with Gasteiger partial charge < -0.3 is 15.5 Å². The van der Waals surface area contributed by atoms with Crippen molar-refractivity contribution in [3.63, 3.8) is 0 Å². The highest BCUT2D eigenvalue weighted by Crippen LogP contribution is 2.22. The molecule has 3 amide bonds. The van der Waals surface area contributed by atoms with Gasteiger partial charge in [0, 0.05) is 20.6 Å². The molecule has 0 bridgehead atoms. The van der Waals surface area contributed by atoms with Crippen molar-refractivity contribution in [2.45, 2.75) is 6.92 Å². The van der Waals surface area contributed by atoms with Gasteiger partial charge in [-0.2, -0.15) is 0 Å². The van der Waals surface area contributed by atoms with Crippen molar-refractivity contribution >= 4 is 29.2 Å². The molecule has 110 valence electrons. The lowest BCUT2D eigenvalue weighted by atomic mass is 10.1. The van der Waals surface area contributed by atoms with Crippen LogP contribution in [0.15, 0.2) is 18.2 Å². The lowest BCUT2D eigenvalue weighted by molar-refractivity contribution is -0.124. The van der Waals surface area contributed by atoms with E-state index in [1.54, 1.807) is 6.92 Å². The number of halogens is 2. The van der Waals surface area contributed by atoms with Crippen LogP contribution in [0.4, 0.5) is 14.9 Å². The van der Waals surface area contributed by atoms with E-state index in [1.807, 2.05) is 0 Å². The van der Waals surface area contributed by atoms with E-state index in [9.17, 15) is 14.0 Å². The van der Waals surface area contributed by atoms with Gasteiger partial charge in [0.1, 0.15) is 0 Å². The molecule has 1 rings (SSSR count). The van der Waals surface area contributed by atoms with Crippen LogP contribution in [0.5, 0.6) is 0 Å². The molecule has 0 heterocycles. The maximum atomic E-state index is 13.6. The molecule has 7 heteroatoms. The standard InChI is InChI=1S/C13H17ClFN3O2/c1-8(12(19)16-2)7-18(3)13(20)17-10-6-4-5-9(14)11(10)15/h4-6,8H,7H2,1-3H3,(H,16,19)(H,17,20)/t8-/m1/s1. The smallest absolute Gasteiger partial charge is 0.321 e. The van der Waals surface area contributed by atoms with Crippen LogP contribution >= 0.6 is 11.6 Å². The SMILES string of the molecule is CNC(=O)[C@H](C)CN(C)C(=O)Nc1cccc(Cl)c1F. The monoisotopic (exact) mass is 301 g/mol. The van der Waals surface area contributed by atoms with Crippen molar-refractivity contribution in [2.24, 2.45) is 5.92 Å². The maximum Gasteiger partial charge on any atom is 0.321 e. The highest BCUT2D eigenvalue weighted by Gasteiger charge is 2.18. The lowest BCUT2D eigenvalue weighted by Gasteiger charge is -2.21. The number of rotatable bonds is 4. The zero-order valence-corrected chi connectivity index (χ0v) is 12.3. The summed E-state index contributed by atoms with van der Waals surface area (Å²) < 4.78 is 13.6. The Labute approximate surface area is 122 Å². The summed E-state index contributed by atoms with van der Waals surface area (Å²) in [7, 11) is 3.05. The minimum absolute atomic E-state index is 0.00180. The molecule has 0 aliphatic heterocycles. The summed E-state index contributed by atoms with van der Waals surface area (Å²) in [4.78, 5) is 24.6. The summed E-state index contributed by atoms with van der Waals surface area (Å²) in [6.07, 6.45) is 0. The first-order valence-electron chi connectivity index (χ1n) is 6.04. The number of carbonyl (C=O) groups is 2. The number of nitrogens with one attached hydrogen (secondary N) is 2. The van der Waals surface area contributed by atoms with Gasteiger partial charge in [-0.15, -0.1) is 0 Å². The summed E-state index contributed by atoms with van der Waals surface area (Å²) >= 11 is 5.63. The molecular weight excluding hydrogens is 285 g/mol. The van der Waals surface area contributed by atoms with Crippen LogP contribution in [-0.2, 0) is 4.79 Å². The summed E-state index contributed by atoms with van der Waals surface area (Å²) in [6, 6.07) is 3.83. The van der Waals surface area contributed by atoms with E-state index >= 15 is 0 Å².